The summed E-state index contributed by atoms with van der Waals surface area (Å²) in [6.07, 6.45) is 0.869. The number of nitrogen functional groups attached to an aromatic ring is 3. The van der Waals surface area contributed by atoms with Crippen LogP contribution in [0.25, 0.3) is 0 Å². The monoisotopic (exact) mass is 316 g/mol. The smallest absolute Gasteiger partial charge is 0.226 e. The van der Waals surface area contributed by atoms with Gasteiger partial charge in [0.05, 0.1) is 0 Å². The van der Waals surface area contributed by atoms with E-state index in [9.17, 15) is 0 Å². The predicted octanol–water partition coefficient (Wildman–Crippen LogP) is 1.72. The van der Waals surface area contributed by atoms with Gasteiger partial charge in [0.1, 0.15) is 5.69 Å². The second-order valence-corrected chi connectivity index (χ2v) is 3.89. The Morgan fingerprint density at radius 3 is 2.00 bits per heavy atom. The van der Waals surface area contributed by atoms with E-state index in [1.165, 1.54) is 5.56 Å². The van der Waals surface area contributed by atoms with Crippen LogP contribution in [-0.2, 0) is 6.42 Å². The zero-order valence-corrected chi connectivity index (χ0v) is 12.4. The normalized spacial score (nSPS) is 9.20. The topological polar surface area (TPSA) is 116 Å². The zero-order chi connectivity index (χ0) is 13.0. The third-order valence-corrected chi connectivity index (χ3v) is 2.54. The van der Waals surface area contributed by atoms with Gasteiger partial charge in [0.2, 0.25) is 5.95 Å². The number of nitrogens with two attached hydrogens (primary N) is 3. The molecule has 8 heteroatoms. The molecule has 110 valence electrons. The van der Waals surface area contributed by atoms with E-state index in [-0.39, 0.29) is 42.1 Å². The first kappa shape index (κ1) is 18.1. The van der Waals surface area contributed by atoms with Crippen LogP contribution in [0.4, 0.5) is 23.3 Å². The van der Waals surface area contributed by atoms with Crippen molar-refractivity contribution in [1.82, 2.24) is 9.97 Å². The lowest BCUT2D eigenvalue weighted by Gasteiger charge is -2.08. The Morgan fingerprint density at radius 1 is 0.900 bits per heavy atom. The molecule has 0 aliphatic heterocycles. The van der Waals surface area contributed by atoms with E-state index in [1.54, 1.807) is 0 Å². The largest absolute Gasteiger partial charge is 0.393 e. The number of hydrogen-bond donors (Lipinski definition) is 4. The summed E-state index contributed by atoms with van der Waals surface area (Å²) in [5.74, 6) is 0.796. The first-order valence-corrected chi connectivity index (χ1v) is 5.63. The molecule has 0 aliphatic carbocycles. The first-order chi connectivity index (χ1) is 8.66. The van der Waals surface area contributed by atoms with E-state index < -0.39 is 0 Å². The van der Waals surface area contributed by atoms with Crippen molar-refractivity contribution in [3.05, 3.63) is 35.9 Å². The van der Waals surface area contributed by atoms with Gasteiger partial charge in [-0.2, -0.15) is 9.97 Å². The quantitative estimate of drug-likeness (QED) is 0.682. The molecule has 6 nitrogen and oxygen atoms in total. The number of nitrogens with one attached hydrogen (secondary N) is 1. The fourth-order valence-electron chi connectivity index (χ4n) is 1.55. The van der Waals surface area contributed by atoms with E-state index in [1.807, 2.05) is 18.2 Å². The fourth-order valence-corrected chi connectivity index (χ4v) is 1.55. The average Bonchev–Trinajstić information content (AvgIpc) is 2.37. The van der Waals surface area contributed by atoms with Crippen LogP contribution in [0.15, 0.2) is 30.3 Å². The molecule has 20 heavy (non-hydrogen) atoms. The highest BCUT2D eigenvalue weighted by molar-refractivity contribution is 5.85. The van der Waals surface area contributed by atoms with E-state index >= 15 is 0 Å². The maximum absolute atomic E-state index is 5.61. The van der Waals surface area contributed by atoms with Crippen LogP contribution in [-0.4, -0.2) is 16.5 Å². The lowest BCUT2D eigenvalue weighted by atomic mass is 10.1. The van der Waals surface area contributed by atoms with Crippen molar-refractivity contribution in [2.24, 2.45) is 0 Å². The number of aromatic nitrogens is 2. The summed E-state index contributed by atoms with van der Waals surface area (Å²) >= 11 is 0. The Morgan fingerprint density at radius 2 is 1.45 bits per heavy atom. The average molecular weight is 317 g/mol. The van der Waals surface area contributed by atoms with E-state index in [0.29, 0.717) is 12.5 Å². The SMILES string of the molecule is Cl.Cl.Nc1nc(NCCc2ccccc2)nc(N)c1N. The predicted molar refractivity (Wildman–Crippen MR) is 88.4 cm³/mol. The van der Waals surface area contributed by atoms with Crippen LogP contribution < -0.4 is 22.5 Å². The number of anilines is 4. The van der Waals surface area contributed by atoms with Crippen molar-refractivity contribution in [2.45, 2.75) is 6.42 Å². The van der Waals surface area contributed by atoms with Crippen LogP contribution in [0.1, 0.15) is 5.56 Å². The second kappa shape index (κ2) is 8.29. The summed E-state index contributed by atoms with van der Waals surface area (Å²) < 4.78 is 0. The number of nitrogens with zero attached hydrogens (tertiary/aromatic N) is 2. The van der Waals surface area contributed by atoms with Gasteiger partial charge >= 0.3 is 0 Å². The third-order valence-electron chi connectivity index (χ3n) is 2.54. The molecule has 1 heterocycles. The van der Waals surface area contributed by atoms with Crippen LogP contribution in [0, 0.1) is 0 Å². The van der Waals surface area contributed by atoms with Gasteiger partial charge < -0.3 is 22.5 Å². The molecule has 0 atom stereocenters. The molecule has 1 aromatic carbocycles. The summed E-state index contributed by atoms with van der Waals surface area (Å²) in [6, 6.07) is 10.1. The molecule has 2 rings (SSSR count). The second-order valence-electron chi connectivity index (χ2n) is 3.89. The molecule has 0 unspecified atom stereocenters. The fraction of sp³-hybridized carbons (Fsp3) is 0.167. The van der Waals surface area contributed by atoms with Gasteiger partial charge in [-0.15, -0.1) is 24.8 Å². The van der Waals surface area contributed by atoms with Crippen molar-refractivity contribution in [1.29, 1.82) is 0 Å². The number of halogens is 2. The highest BCUT2D eigenvalue weighted by Crippen LogP contribution is 2.19. The number of benzene rings is 1. The lowest BCUT2D eigenvalue weighted by molar-refractivity contribution is 0.988. The number of rotatable bonds is 4. The van der Waals surface area contributed by atoms with Crippen molar-refractivity contribution in [2.75, 3.05) is 29.1 Å². The van der Waals surface area contributed by atoms with Crippen molar-refractivity contribution in [3.63, 3.8) is 0 Å². The molecule has 1 aromatic heterocycles. The van der Waals surface area contributed by atoms with Crippen molar-refractivity contribution in [3.8, 4) is 0 Å². The minimum atomic E-state index is 0. The van der Waals surface area contributed by atoms with Gasteiger partial charge in [0.15, 0.2) is 11.6 Å². The molecular weight excluding hydrogens is 299 g/mol. The highest BCUT2D eigenvalue weighted by atomic mass is 35.5. The Bertz CT molecular complexity index is 512. The molecule has 0 aliphatic rings. The Balaban J connectivity index is 0.00000180. The molecule has 0 amide bonds. The van der Waals surface area contributed by atoms with Crippen LogP contribution in [0.3, 0.4) is 0 Å². The maximum Gasteiger partial charge on any atom is 0.226 e. The minimum Gasteiger partial charge on any atom is -0.393 e. The van der Waals surface area contributed by atoms with E-state index in [2.05, 4.69) is 27.4 Å². The standard InChI is InChI=1S/C12H16N6.2ClH/c13-9-10(14)17-12(18-11(9)15)16-7-6-8-4-2-1-3-5-8;;/h1-5H,6-7,13H2,(H5,14,15,16,17,18);2*1H. The Kier molecular flexibility index (Phi) is 7.49. The molecule has 7 N–H and O–H groups in total. The number of hydrogen-bond acceptors (Lipinski definition) is 6. The van der Waals surface area contributed by atoms with Crippen LogP contribution in [0.2, 0.25) is 0 Å². The lowest BCUT2D eigenvalue weighted by Crippen LogP contribution is -2.12. The van der Waals surface area contributed by atoms with Crippen LogP contribution >= 0.6 is 24.8 Å². The van der Waals surface area contributed by atoms with Crippen molar-refractivity contribution < 1.29 is 0 Å². The van der Waals surface area contributed by atoms with Crippen LogP contribution in [0.5, 0.6) is 0 Å². The summed E-state index contributed by atoms with van der Waals surface area (Å²) in [5, 5.41) is 3.06. The molecule has 0 saturated carbocycles. The molecule has 0 spiro atoms. The molecule has 0 fully saturated rings. The highest BCUT2D eigenvalue weighted by Gasteiger charge is 2.05. The minimum absolute atomic E-state index is 0. The van der Waals surface area contributed by atoms with Gasteiger partial charge in [-0.3, -0.25) is 0 Å². The van der Waals surface area contributed by atoms with Crippen molar-refractivity contribution >= 4 is 48.1 Å². The third kappa shape index (κ3) is 4.64. The van der Waals surface area contributed by atoms with Gasteiger partial charge in [0.25, 0.3) is 0 Å². The van der Waals surface area contributed by atoms with Gasteiger partial charge in [0, 0.05) is 6.54 Å². The molecule has 0 bridgehead atoms. The molecule has 2 aromatic rings. The maximum atomic E-state index is 5.61. The summed E-state index contributed by atoms with van der Waals surface area (Å²) in [5.41, 5.74) is 18.2. The summed E-state index contributed by atoms with van der Waals surface area (Å²) in [6.45, 7) is 0.701. The van der Waals surface area contributed by atoms with Gasteiger partial charge in [-0.25, -0.2) is 0 Å². The van der Waals surface area contributed by atoms with E-state index in [0.717, 1.165) is 6.42 Å². The Labute approximate surface area is 130 Å². The van der Waals surface area contributed by atoms with E-state index in [4.69, 9.17) is 17.2 Å². The summed E-state index contributed by atoms with van der Waals surface area (Å²) in [4.78, 5) is 8.03. The zero-order valence-electron chi connectivity index (χ0n) is 10.7. The molecular formula is C12H18Cl2N6. The summed E-state index contributed by atoms with van der Waals surface area (Å²) in [7, 11) is 0. The molecule has 0 saturated heterocycles. The first-order valence-electron chi connectivity index (χ1n) is 5.63. The Hall–Kier alpha value is -1.92. The molecule has 0 radical (unpaired) electrons. The van der Waals surface area contributed by atoms with Gasteiger partial charge in [-0.05, 0) is 12.0 Å². The van der Waals surface area contributed by atoms with Gasteiger partial charge in [-0.1, -0.05) is 30.3 Å².